The summed E-state index contributed by atoms with van der Waals surface area (Å²) in [5.41, 5.74) is -1.37. The van der Waals surface area contributed by atoms with Gasteiger partial charge in [-0.2, -0.15) is 18.4 Å². The van der Waals surface area contributed by atoms with Crippen LogP contribution in [0.3, 0.4) is 0 Å². The van der Waals surface area contributed by atoms with E-state index in [0.717, 1.165) is 28.1 Å². The van der Waals surface area contributed by atoms with E-state index in [1.54, 1.807) is 19.9 Å². The van der Waals surface area contributed by atoms with Crippen LogP contribution in [0.4, 0.5) is 23.7 Å². The maximum absolute atomic E-state index is 12.9. The highest BCUT2D eigenvalue weighted by Crippen LogP contribution is 2.31. The summed E-state index contributed by atoms with van der Waals surface area (Å²) < 4.78 is 38.8. The number of urea groups is 1. The van der Waals surface area contributed by atoms with Gasteiger partial charge in [0, 0.05) is 24.5 Å². The smallest absolute Gasteiger partial charge is 0.333 e. The molecule has 1 aromatic rings. The van der Waals surface area contributed by atoms with Gasteiger partial charge in [0.2, 0.25) is 5.96 Å². The molecule has 3 N–H and O–H groups in total. The van der Waals surface area contributed by atoms with E-state index in [2.05, 4.69) is 10.6 Å². The van der Waals surface area contributed by atoms with Crippen LogP contribution in [0.5, 0.6) is 0 Å². The van der Waals surface area contributed by atoms with Gasteiger partial charge in [-0.3, -0.25) is 15.1 Å². The summed E-state index contributed by atoms with van der Waals surface area (Å²) in [6.45, 7) is 3.56. The number of nitrogens with one attached hydrogen (secondary N) is 3. The molecule has 1 fully saturated rings. The minimum atomic E-state index is -4.57. The number of amides is 3. The summed E-state index contributed by atoms with van der Waals surface area (Å²) >= 11 is 0. The lowest BCUT2D eigenvalue weighted by atomic mass is 10.1. The molecule has 2 rings (SSSR count). The first-order valence-electron chi connectivity index (χ1n) is 8.61. The predicted octanol–water partition coefficient (Wildman–Crippen LogP) is 2.40. The van der Waals surface area contributed by atoms with Gasteiger partial charge in [-0.1, -0.05) is 6.07 Å². The summed E-state index contributed by atoms with van der Waals surface area (Å²) in [5, 5.41) is 22.2. The lowest BCUT2D eigenvalue weighted by Gasteiger charge is -2.22. The molecule has 11 heteroatoms. The monoisotopic (exact) mass is 408 g/mol. The number of hydrogen-bond donors (Lipinski definition) is 3. The van der Waals surface area contributed by atoms with Crippen molar-refractivity contribution < 1.29 is 22.8 Å². The molecule has 1 heterocycles. The molecule has 0 saturated carbocycles. The summed E-state index contributed by atoms with van der Waals surface area (Å²) in [6.07, 6.45) is -3.62. The van der Waals surface area contributed by atoms with E-state index in [4.69, 9.17) is 5.41 Å². The summed E-state index contributed by atoms with van der Waals surface area (Å²) in [5.74, 6) is -1.18. The molecule has 1 unspecified atom stereocenters. The van der Waals surface area contributed by atoms with Crippen molar-refractivity contribution in [3.63, 3.8) is 0 Å². The van der Waals surface area contributed by atoms with Gasteiger partial charge in [-0.25, -0.2) is 4.79 Å². The Morgan fingerprint density at radius 2 is 2.21 bits per heavy atom. The van der Waals surface area contributed by atoms with Crippen molar-refractivity contribution in [1.29, 1.82) is 10.7 Å². The zero-order valence-corrected chi connectivity index (χ0v) is 15.7. The SMILES string of the molecule is CCN(C(=O)C(C#N)=CNC(=N)N1CC(C)NC1=O)c1cccc(C(F)(F)F)c1. The molecule has 1 aliphatic rings. The van der Waals surface area contributed by atoms with Crippen molar-refractivity contribution in [1.82, 2.24) is 15.5 Å². The number of rotatable bonds is 4. The zero-order valence-electron chi connectivity index (χ0n) is 15.7. The fourth-order valence-corrected chi connectivity index (χ4v) is 2.68. The normalized spacial score (nSPS) is 16.8. The van der Waals surface area contributed by atoms with Crippen molar-refractivity contribution in [3.05, 3.63) is 41.6 Å². The quantitative estimate of drug-likeness (QED) is 0.307. The summed E-state index contributed by atoms with van der Waals surface area (Å²) in [4.78, 5) is 26.5. The van der Waals surface area contributed by atoms with Crippen LogP contribution in [0.15, 0.2) is 36.0 Å². The van der Waals surface area contributed by atoms with E-state index in [1.807, 2.05) is 0 Å². The highest BCUT2D eigenvalue weighted by Gasteiger charge is 2.32. The molecule has 3 amide bonds. The van der Waals surface area contributed by atoms with E-state index in [0.29, 0.717) is 0 Å². The Kier molecular flexibility index (Phi) is 6.48. The van der Waals surface area contributed by atoms with Gasteiger partial charge in [-0.05, 0) is 32.0 Å². The maximum atomic E-state index is 12.9. The highest BCUT2D eigenvalue weighted by molar-refractivity contribution is 6.08. The Balaban J connectivity index is 2.20. The number of guanidine groups is 1. The number of likely N-dealkylation sites (N-methyl/N-ethyl adjacent to an activating group) is 1. The third-order valence-corrected chi connectivity index (χ3v) is 4.09. The van der Waals surface area contributed by atoms with Gasteiger partial charge in [0.15, 0.2) is 0 Å². The second-order valence-electron chi connectivity index (χ2n) is 6.22. The molecule has 154 valence electrons. The minimum absolute atomic E-state index is 0.0165. The van der Waals surface area contributed by atoms with Crippen LogP contribution in [-0.2, 0) is 11.0 Å². The van der Waals surface area contributed by atoms with Gasteiger partial charge >= 0.3 is 12.2 Å². The number of nitrogens with zero attached hydrogens (tertiary/aromatic N) is 3. The van der Waals surface area contributed by atoms with Crippen LogP contribution in [0.2, 0.25) is 0 Å². The number of nitriles is 1. The number of carbonyl (C=O) groups is 2. The first-order chi connectivity index (χ1) is 13.6. The van der Waals surface area contributed by atoms with E-state index < -0.39 is 29.3 Å². The van der Waals surface area contributed by atoms with E-state index >= 15 is 0 Å². The van der Waals surface area contributed by atoms with Crippen LogP contribution < -0.4 is 15.5 Å². The third kappa shape index (κ3) is 5.04. The van der Waals surface area contributed by atoms with Crippen molar-refractivity contribution >= 4 is 23.6 Å². The molecule has 29 heavy (non-hydrogen) atoms. The Morgan fingerprint density at radius 3 is 2.72 bits per heavy atom. The number of halogens is 3. The predicted molar refractivity (Wildman–Crippen MR) is 98.7 cm³/mol. The Morgan fingerprint density at radius 1 is 1.52 bits per heavy atom. The largest absolute Gasteiger partial charge is 0.416 e. The number of alkyl halides is 3. The molecule has 1 saturated heterocycles. The molecule has 1 aliphatic heterocycles. The molecular formula is C18H19F3N6O2. The van der Waals surface area contributed by atoms with Crippen molar-refractivity contribution in [2.45, 2.75) is 26.1 Å². The maximum Gasteiger partial charge on any atom is 0.416 e. The van der Waals surface area contributed by atoms with Crippen LogP contribution in [-0.4, -0.2) is 41.9 Å². The molecule has 0 bridgehead atoms. The van der Waals surface area contributed by atoms with Gasteiger partial charge < -0.3 is 15.5 Å². The lowest BCUT2D eigenvalue weighted by molar-refractivity contribution is -0.137. The van der Waals surface area contributed by atoms with Crippen molar-refractivity contribution in [2.24, 2.45) is 0 Å². The fourth-order valence-electron chi connectivity index (χ4n) is 2.68. The molecule has 1 atom stereocenters. The molecule has 0 spiro atoms. The summed E-state index contributed by atoms with van der Waals surface area (Å²) in [7, 11) is 0. The Hall–Kier alpha value is -3.55. The number of benzene rings is 1. The molecule has 8 nitrogen and oxygen atoms in total. The lowest BCUT2D eigenvalue weighted by Crippen LogP contribution is -2.41. The highest BCUT2D eigenvalue weighted by atomic mass is 19.4. The number of anilines is 1. The van der Waals surface area contributed by atoms with Gasteiger partial charge in [0.25, 0.3) is 5.91 Å². The third-order valence-electron chi connectivity index (χ3n) is 4.09. The zero-order chi connectivity index (χ0) is 21.8. The van der Waals surface area contributed by atoms with Crippen LogP contribution in [0.25, 0.3) is 0 Å². The minimum Gasteiger partial charge on any atom is -0.333 e. The summed E-state index contributed by atoms with van der Waals surface area (Å²) in [6, 6.07) is 5.21. The van der Waals surface area contributed by atoms with Gasteiger partial charge in [-0.15, -0.1) is 0 Å². The topological polar surface area (TPSA) is 112 Å². The first kappa shape index (κ1) is 21.7. The molecule has 0 aliphatic carbocycles. The van der Waals surface area contributed by atoms with E-state index in [1.165, 1.54) is 12.1 Å². The number of carbonyl (C=O) groups excluding carboxylic acids is 2. The Bertz CT molecular complexity index is 890. The average Bonchev–Trinajstić information content (AvgIpc) is 3.00. The van der Waals surface area contributed by atoms with Crippen molar-refractivity contribution in [3.8, 4) is 6.07 Å². The van der Waals surface area contributed by atoms with E-state index in [-0.39, 0.29) is 30.8 Å². The molecular weight excluding hydrogens is 389 g/mol. The second kappa shape index (κ2) is 8.64. The van der Waals surface area contributed by atoms with Gasteiger partial charge in [0.05, 0.1) is 12.1 Å². The molecule has 0 radical (unpaired) electrons. The second-order valence-corrected chi connectivity index (χ2v) is 6.22. The standard InChI is InChI=1S/C18H19F3N6O2/c1-3-26(14-6-4-5-13(7-14)18(19,20)21)15(28)12(8-22)9-24-16(23)27-10-11(2)25-17(27)29/h4-7,9,11H,3,10H2,1-2H3,(H2,23,24)(H,25,29). The van der Waals surface area contributed by atoms with Crippen LogP contribution >= 0.6 is 0 Å². The molecule has 1 aromatic carbocycles. The average molecular weight is 408 g/mol. The Labute approximate surface area is 165 Å². The first-order valence-corrected chi connectivity index (χ1v) is 8.61. The van der Waals surface area contributed by atoms with Crippen LogP contribution in [0.1, 0.15) is 19.4 Å². The van der Waals surface area contributed by atoms with Gasteiger partial charge in [0.1, 0.15) is 11.6 Å². The van der Waals surface area contributed by atoms with Crippen LogP contribution in [0, 0.1) is 16.7 Å². The fraction of sp³-hybridized carbons (Fsp3) is 0.333. The van der Waals surface area contributed by atoms with Crippen molar-refractivity contribution in [2.75, 3.05) is 18.0 Å². The van der Waals surface area contributed by atoms with E-state index in [9.17, 15) is 28.0 Å². The number of hydrogen-bond acceptors (Lipinski definition) is 4. The molecule has 0 aromatic heterocycles.